The van der Waals surface area contributed by atoms with Gasteiger partial charge < -0.3 is 19.5 Å². The number of anilines is 2. The molecule has 36 heavy (non-hydrogen) atoms. The fraction of sp³-hybridized carbons (Fsp3) is 0.133. The number of methoxy groups -OCH3 is 1. The molecular weight excluding hydrogens is 448 g/mol. The Balaban J connectivity index is 1.57. The largest absolute Gasteiger partial charge is 0.497 e. The molecule has 1 amide bonds. The molecule has 3 aromatic carbocycles. The minimum atomic E-state index is -0.0103. The third kappa shape index (κ3) is 4.79. The zero-order valence-corrected chi connectivity index (χ0v) is 20.6. The van der Waals surface area contributed by atoms with Gasteiger partial charge in [-0.1, -0.05) is 48.5 Å². The van der Waals surface area contributed by atoms with Gasteiger partial charge in [-0.05, 0) is 41.5 Å². The summed E-state index contributed by atoms with van der Waals surface area (Å²) in [5.74, 6) is 1.53. The van der Waals surface area contributed by atoms with E-state index in [1.807, 2.05) is 60.8 Å². The monoisotopic (exact) mass is 476 g/mol. The highest BCUT2D eigenvalue weighted by Gasteiger charge is 2.14. The van der Waals surface area contributed by atoms with Gasteiger partial charge in [0.25, 0.3) is 5.91 Å². The summed E-state index contributed by atoms with van der Waals surface area (Å²) in [5, 5.41) is 4.44. The molecule has 6 nitrogen and oxygen atoms in total. The van der Waals surface area contributed by atoms with Gasteiger partial charge in [-0.15, -0.1) is 0 Å². The van der Waals surface area contributed by atoms with E-state index in [1.165, 1.54) is 5.56 Å². The molecule has 2 aromatic heterocycles. The first-order valence-corrected chi connectivity index (χ1v) is 11.8. The molecule has 0 atom stereocenters. The number of rotatable bonds is 7. The summed E-state index contributed by atoms with van der Waals surface area (Å²) < 4.78 is 7.65. The molecule has 6 heteroatoms. The standard InChI is InChI=1S/C30H28N4O2/c1-33(2)30(35)23-14-12-22(13-15-23)27-16-24-19-31-29(32-25-10-7-11-26(17-25)36-3)18-28(24)34(27)20-21-8-5-4-6-9-21/h4-19H,20H2,1-3H3,(H,31,32). The third-order valence-corrected chi connectivity index (χ3v) is 6.15. The number of fused-ring (bicyclic) bond motifs is 1. The second-order valence-electron chi connectivity index (χ2n) is 8.86. The molecule has 0 spiro atoms. The molecule has 0 aliphatic carbocycles. The van der Waals surface area contributed by atoms with Crippen molar-refractivity contribution in [1.82, 2.24) is 14.5 Å². The first kappa shape index (κ1) is 23.2. The minimum Gasteiger partial charge on any atom is -0.497 e. The van der Waals surface area contributed by atoms with Crippen LogP contribution in [0.25, 0.3) is 22.2 Å². The van der Waals surface area contributed by atoms with Crippen LogP contribution in [0.5, 0.6) is 5.75 Å². The summed E-state index contributed by atoms with van der Waals surface area (Å²) in [4.78, 5) is 18.6. The molecule has 0 bridgehead atoms. The van der Waals surface area contributed by atoms with E-state index in [-0.39, 0.29) is 5.91 Å². The Morgan fingerprint density at radius 2 is 1.72 bits per heavy atom. The smallest absolute Gasteiger partial charge is 0.253 e. The summed E-state index contributed by atoms with van der Waals surface area (Å²) in [6.45, 7) is 0.709. The number of amides is 1. The van der Waals surface area contributed by atoms with Crippen molar-refractivity contribution in [2.45, 2.75) is 6.54 Å². The van der Waals surface area contributed by atoms with Gasteiger partial charge in [0.1, 0.15) is 11.6 Å². The molecule has 5 aromatic rings. The van der Waals surface area contributed by atoms with Crippen molar-refractivity contribution in [3.63, 3.8) is 0 Å². The van der Waals surface area contributed by atoms with Gasteiger partial charge in [-0.25, -0.2) is 4.98 Å². The Morgan fingerprint density at radius 1 is 0.944 bits per heavy atom. The number of hydrogen-bond donors (Lipinski definition) is 1. The van der Waals surface area contributed by atoms with Crippen LogP contribution in [-0.2, 0) is 6.54 Å². The van der Waals surface area contributed by atoms with E-state index in [9.17, 15) is 4.79 Å². The van der Waals surface area contributed by atoms with Gasteiger partial charge >= 0.3 is 0 Å². The number of carbonyl (C=O) groups excluding carboxylic acids is 1. The van der Waals surface area contributed by atoms with Crippen LogP contribution >= 0.6 is 0 Å². The van der Waals surface area contributed by atoms with Crippen molar-refractivity contribution in [3.8, 4) is 17.0 Å². The Labute approximate surface area is 210 Å². The molecule has 0 saturated heterocycles. The Morgan fingerprint density at radius 3 is 2.44 bits per heavy atom. The maximum Gasteiger partial charge on any atom is 0.253 e. The molecule has 0 fully saturated rings. The Kier molecular flexibility index (Phi) is 6.41. The number of pyridine rings is 1. The molecule has 1 N–H and O–H groups in total. The van der Waals surface area contributed by atoms with Crippen LogP contribution in [0.15, 0.2) is 97.2 Å². The topological polar surface area (TPSA) is 59.4 Å². The third-order valence-electron chi connectivity index (χ3n) is 6.15. The van der Waals surface area contributed by atoms with E-state index < -0.39 is 0 Å². The van der Waals surface area contributed by atoms with Gasteiger partial charge in [0, 0.05) is 61.3 Å². The maximum absolute atomic E-state index is 12.4. The lowest BCUT2D eigenvalue weighted by molar-refractivity contribution is 0.0827. The average Bonchev–Trinajstić information content (AvgIpc) is 3.26. The molecule has 0 unspecified atom stereocenters. The summed E-state index contributed by atoms with van der Waals surface area (Å²) in [7, 11) is 5.18. The number of ether oxygens (including phenoxy) is 1. The molecule has 2 heterocycles. The van der Waals surface area contributed by atoms with Gasteiger partial charge in [0.05, 0.1) is 12.6 Å². The maximum atomic E-state index is 12.4. The number of hydrogen-bond acceptors (Lipinski definition) is 4. The van der Waals surface area contributed by atoms with Crippen molar-refractivity contribution in [2.24, 2.45) is 0 Å². The van der Waals surface area contributed by atoms with Gasteiger partial charge in [-0.3, -0.25) is 4.79 Å². The van der Waals surface area contributed by atoms with Crippen molar-refractivity contribution >= 4 is 28.3 Å². The zero-order valence-electron chi connectivity index (χ0n) is 20.6. The van der Waals surface area contributed by atoms with Crippen molar-refractivity contribution in [2.75, 3.05) is 26.5 Å². The van der Waals surface area contributed by atoms with Crippen LogP contribution in [0.3, 0.4) is 0 Å². The first-order valence-electron chi connectivity index (χ1n) is 11.8. The van der Waals surface area contributed by atoms with Crippen LogP contribution in [-0.4, -0.2) is 41.6 Å². The highest BCUT2D eigenvalue weighted by molar-refractivity contribution is 5.95. The summed E-state index contributed by atoms with van der Waals surface area (Å²) in [6.07, 6.45) is 1.90. The Hall–Kier alpha value is -4.58. The number of aromatic nitrogens is 2. The highest BCUT2D eigenvalue weighted by atomic mass is 16.5. The van der Waals surface area contributed by atoms with Crippen molar-refractivity contribution in [3.05, 3.63) is 108 Å². The molecular formula is C30H28N4O2. The van der Waals surface area contributed by atoms with Gasteiger partial charge in [0.2, 0.25) is 0 Å². The number of nitrogens with one attached hydrogen (secondary N) is 1. The summed E-state index contributed by atoms with van der Waals surface area (Å²) >= 11 is 0. The van der Waals surface area contributed by atoms with Crippen LogP contribution in [0.2, 0.25) is 0 Å². The first-order chi connectivity index (χ1) is 17.5. The van der Waals surface area contributed by atoms with E-state index in [4.69, 9.17) is 4.74 Å². The van der Waals surface area contributed by atoms with E-state index >= 15 is 0 Å². The number of carbonyl (C=O) groups is 1. The summed E-state index contributed by atoms with van der Waals surface area (Å²) in [5.41, 5.74) is 5.96. The fourth-order valence-electron chi connectivity index (χ4n) is 4.29. The van der Waals surface area contributed by atoms with Gasteiger partial charge in [0.15, 0.2) is 0 Å². The molecule has 0 aliphatic heterocycles. The van der Waals surface area contributed by atoms with Crippen molar-refractivity contribution in [1.29, 1.82) is 0 Å². The fourth-order valence-corrected chi connectivity index (χ4v) is 4.29. The SMILES string of the molecule is COc1cccc(Nc2cc3c(cn2)cc(-c2ccc(C(=O)N(C)C)cc2)n3Cc2ccccc2)c1. The van der Waals surface area contributed by atoms with Crippen LogP contribution in [0.4, 0.5) is 11.5 Å². The number of nitrogens with zero attached hydrogens (tertiary/aromatic N) is 3. The van der Waals surface area contributed by atoms with Crippen LogP contribution in [0, 0.1) is 0 Å². The minimum absolute atomic E-state index is 0.0103. The van der Waals surface area contributed by atoms with Crippen LogP contribution < -0.4 is 10.1 Å². The Bertz CT molecular complexity index is 1510. The van der Waals surface area contributed by atoms with E-state index in [1.54, 1.807) is 26.1 Å². The lowest BCUT2D eigenvalue weighted by Gasteiger charge is -2.14. The van der Waals surface area contributed by atoms with E-state index in [0.717, 1.165) is 39.4 Å². The normalized spacial score (nSPS) is 10.9. The van der Waals surface area contributed by atoms with E-state index in [0.29, 0.717) is 12.1 Å². The number of benzene rings is 3. The molecule has 0 radical (unpaired) electrons. The quantitative estimate of drug-likeness (QED) is 0.304. The zero-order chi connectivity index (χ0) is 25.1. The second kappa shape index (κ2) is 9.96. The van der Waals surface area contributed by atoms with Gasteiger partial charge in [-0.2, -0.15) is 0 Å². The van der Waals surface area contributed by atoms with Crippen LogP contribution in [0.1, 0.15) is 15.9 Å². The van der Waals surface area contributed by atoms with Crippen molar-refractivity contribution < 1.29 is 9.53 Å². The average molecular weight is 477 g/mol. The molecule has 0 aliphatic rings. The molecule has 5 rings (SSSR count). The predicted octanol–water partition coefficient (Wildman–Crippen LogP) is 6.21. The lowest BCUT2D eigenvalue weighted by Crippen LogP contribution is -2.21. The predicted molar refractivity (Wildman–Crippen MR) is 145 cm³/mol. The summed E-state index contributed by atoms with van der Waals surface area (Å²) in [6, 6.07) is 30.2. The lowest BCUT2D eigenvalue weighted by atomic mass is 10.1. The molecule has 180 valence electrons. The highest BCUT2D eigenvalue weighted by Crippen LogP contribution is 2.31. The molecule has 0 saturated carbocycles. The second-order valence-corrected chi connectivity index (χ2v) is 8.86. The van der Waals surface area contributed by atoms with E-state index in [2.05, 4.69) is 51.3 Å².